The third-order valence-corrected chi connectivity index (χ3v) is 3.86. The minimum atomic E-state index is -0.627. The van der Waals surface area contributed by atoms with Crippen molar-refractivity contribution in [2.45, 2.75) is 25.7 Å². The van der Waals surface area contributed by atoms with Crippen molar-refractivity contribution in [2.75, 3.05) is 0 Å². The van der Waals surface area contributed by atoms with Crippen LogP contribution in [0.15, 0.2) is 28.7 Å². The molecule has 0 amide bonds. The molecule has 2 nitrogen and oxygen atoms in total. The first kappa shape index (κ1) is 11.6. The van der Waals surface area contributed by atoms with Gasteiger partial charge in [-0.05, 0) is 49.3 Å². The van der Waals surface area contributed by atoms with Crippen LogP contribution in [0.25, 0.3) is 0 Å². The second kappa shape index (κ2) is 5.00. The van der Waals surface area contributed by atoms with E-state index in [0.717, 1.165) is 30.2 Å². The van der Waals surface area contributed by atoms with Crippen molar-refractivity contribution in [1.82, 2.24) is 0 Å². The largest absolute Gasteiger partial charge is 0.481 e. The maximum Gasteiger partial charge on any atom is 0.306 e. The van der Waals surface area contributed by atoms with E-state index in [1.807, 2.05) is 12.1 Å². The number of rotatable bonds is 3. The molecule has 1 aliphatic rings. The van der Waals surface area contributed by atoms with Crippen LogP contribution < -0.4 is 0 Å². The highest BCUT2D eigenvalue weighted by molar-refractivity contribution is 9.10. The Labute approximate surface area is 104 Å². The van der Waals surface area contributed by atoms with Crippen molar-refractivity contribution in [3.8, 4) is 0 Å². The first-order valence-corrected chi connectivity index (χ1v) is 6.41. The third-order valence-electron chi connectivity index (χ3n) is 3.33. The van der Waals surface area contributed by atoms with Crippen LogP contribution in [0, 0.1) is 11.8 Å². The highest BCUT2D eigenvalue weighted by Gasteiger charge is 2.29. The standard InChI is InChI=1S/C13H15BrO2/c14-12-5-2-9(3-6-12)7-10-1-4-11(8-10)13(15)16/h2-3,5-6,10-11H,1,4,7-8H2,(H,15,16)/t10-,11+/m0/s1. The fourth-order valence-electron chi connectivity index (χ4n) is 2.44. The lowest BCUT2D eigenvalue weighted by molar-refractivity contribution is -0.141. The van der Waals surface area contributed by atoms with Gasteiger partial charge in [-0.25, -0.2) is 0 Å². The molecule has 1 aromatic carbocycles. The molecular formula is C13H15BrO2. The van der Waals surface area contributed by atoms with E-state index in [4.69, 9.17) is 5.11 Å². The number of benzene rings is 1. The minimum absolute atomic E-state index is 0.111. The van der Waals surface area contributed by atoms with Gasteiger partial charge in [0.2, 0.25) is 0 Å². The molecule has 1 N–H and O–H groups in total. The molecule has 3 heteroatoms. The number of carbonyl (C=O) groups is 1. The summed E-state index contributed by atoms with van der Waals surface area (Å²) in [4.78, 5) is 10.8. The molecule has 1 saturated carbocycles. The quantitative estimate of drug-likeness (QED) is 0.922. The Morgan fingerprint density at radius 3 is 2.56 bits per heavy atom. The average Bonchev–Trinajstić information content (AvgIpc) is 2.70. The monoisotopic (exact) mass is 282 g/mol. The lowest BCUT2D eigenvalue weighted by Gasteiger charge is -2.09. The summed E-state index contributed by atoms with van der Waals surface area (Å²) in [5.74, 6) is -0.193. The molecule has 2 rings (SSSR count). The second-order valence-electron chi connectivity index (χ2n) is 4.54. The zero-order valence-corrected chi connectivity index (χ0v) is 10.6. The molecule has 16 heavy (non-hydrogen) atoms. The van der Waals surface area contributed by atoms with Crippen LogP contribution in [0.5, 0.6) is 0 Å². The first-order valence-electron chi connectivity index (χ1n) is 5.62. The normalized spacial score (nSPS) is 24.6. The number of carboxylic acids is 1. The molecule has 2 atom stereocenters. The van der Waals surface area contributed by atoms with E-state index in [1.165, 1.54) is 5.56 Å². The Kier molecular flexibility index (Phi) is 3.64. The topological polar surface area (TPSA) is 37.3 Å². The Bertz CT molecular complexity index is 372. The fourth-order valence-corrected chi connectivity index (χ4v) is 2.70. The highest BCUT2D eigenvalue weighted by Crippen LogP contribution is 2.33. The van der Waals surface area contributed by atoms with E-state index < -0.39 is 5.97 Å². The van der Waals surface area contributed by atoms with E-state index in [1.54, 1.807) is 0 Å². The van der Waals surface area contributed by atoms with Gasteiger partial charge in [-0.1, -0.05) is 28.1 Å². The van der Waals surface area contributed by atoms with E-state index in [9.17, 15) is 4.79 Å². The van der Waals surface area contributed by atoms with E-state index in [-0.39, 0.29) is 5.92 Å². The molecule has 0 bridgehead atoms. The summed E-state index contributed by atoms with van der Waals surface area (Å²) >= 11 is 3.41. The molecule has 86 valence electrons. The minimum Gasteiger partial charge on any atom is -0.481 e. The van der Waals surface area contributed by atoms with E-state index >= 15 is 0 Å². The Morgan fingerprint density at radius 1 is 1.31 bits per heavy atom. The van der Waals surface area contributed by atoms with Gasteiger partial charge in [-0.15, -0.1) is 0 Å². The van der Waals surface area contributed by atoms with Gasteiger partial charge >= 0.3 is 5.97 Å². The van der Waals surface area contributed by atoms with Crippen LogP contribution in [0.3, 0.4) is 0 Å². The van der Waals surface area contributed by atoms with Crippen molar-refractivity contribution < 1.29 is 9.90 Å². The average molecular weight is 283 g/mol. The summed E-state index contributed by atoms with van der Waals surface area (Å²) in [5.41, 5.74) is 1.30. The van der Waals surface area contributed by atoms with Gasteiger partial charge in [-0.3, -0.25) is 4.79 Å². The number of carboxylic acid groups (broad SMARTS) is 1. The lowest BCUT2D eigenvalue weighted by Crippen LogP contribution is -2.10. The molecule has 0 spiro atoms. The molecule has 0 unspecified atom stereocenters. The van der Waals surface area contributed by atoms with Crippen LogP contribution in [-0.2, 0) is 11.2 Å². The molecular weight excluding hydrogens is 268 g/mol. The molecule has 1 aliphatic carbocycles. The number of aliphatic carboxylic acids is 1. The van der Waals surface area contributed by atoms with Crippen molar-refractivity contribution in [1.29, 1.82) is 0 Å². The van der Waals surface area contributed by atoms with Crippen LogP contribution in [-0.4, -0.2) is 11.1 Å². The molecule has 1 fully saturated rings. The van der Waals surface area contributed by atoms with Gasteiger partial charge in [-0.2, -0.15) is 0 Å². The SMILES string of the molecule is O=C(O)[C@@H]1CC[C@@H](Cc2ccc(Br)cc2)C1. The zero-order valence-electron chi connectivity index (χ0n) is 9.03. The van der Waals surface area contributed by atoms with Crippen molar-refractivity contribution >= 4 is 21.9 Å². The van der Waals surface area contributed by atoms with Gasteiger partial charge in [0.15, 0.2) is 0 Å². The van der Waals surface area contributed by atoms with Gasteiger partial charge in [0.1, 0.15) is 0 Å². The lowest BCUT2D eigenvalue weighted by atomic mass is 9.97. The molecule has 0 saturated heterocycles. The predicted molar refractivity (Wildman–Crippen MR) is 66.3 cm³/mol. The fraction of sp³-hybridized carbons (Fsp3) is 0.462. The maximum absolute atomic E-state index is 10.8. The van der Waals surface area contributed by atoms with E-state index in [2.05, 4.69) is 28.1 Å². The maximum atomic E-state index is 10.8. The number of halogens is 1. The summed E-state index contributed by atoms with van der Waals surface area (Å²) < 4.78 is 1.09. The first-order chi connectivity index (χ1) is 7.65. The number of hydrogen-bond acceptors (Lipinski definition) is 1. The summed E-state index contributed by atoms with van der Waals surface area (Å²) in [7, 11) is 0. The molecule has 0 heterocycles. The van der Waals surface area contributed by atoms with Gasteiger partial charge < -0.3 is 5.11 Å². The smallest absolute Gasteiger partial charge is 0.306 e. The Balaban J connectivity index is 1.92. The number of hydrogen-bond donors (Lipinski definition) is 1. The highest BCUT2D eigenvalue weighted by atomic mass is 79.9. The molecule has 1 aromatic rings. The van der Waals surface area contributed by atoms with Crippen molar-refractivity contribution in [3.05, 3.63) is 34.3 Å². The summed E-state index contributed by atoms with van der Waals surface area (Å²) in [6.07, 6.45) is 3.74. The zero-order chi connectivity index (χ0) is 11.5. The summed E-state index contributed by atoms with van der Waals surface area (Å²) in [6, 6.07) is 8.30. The van der Waals surface area contributed by atoms with Gasteiger partial charge in [0.05, 0.1) is 5.92 Å². The van der Waals surface area contributed by atoms with Crippen molar-refractivity contribution in [3.63, 3.8) is 0 Å². The Hall–Kier alpha value is -0.830. The van der Waals surface area contributed by atoms with E-state index in [0.29, 0.717) is 5.92 Å². The van der Waals surface area contributed by atoms with Crippen LogP contribution in [0.2, 0.25) is 0 Å². The summed E-state index contributed by atoms with van der Waals surface area (Å²) in [5, 5.41) is 8.93. The van der Waals surface area contributed by atoms with Gasteiger partial charge in [0.25, 0.3) is 0 Å². The van der Waals surface area contributed by atoms with Crippen molar-refractivity contribution in [2.24, 2.45) is 11.8 Å². The second-order valence-corrected chi connectivity index (χ2v) is 5.46. The van der Waals surface area contributed by atoms with Crippen LogP contribution >= 0.6 is 15.9 Å². The van der Waals surface area contributed by atoms with Gasteiger partial charge in [0, 0.05) is 4.47 Å². The summed E-state index contributed by atoms with van der Waals surface area (Å²) in [6.45, 7) is 0. The molecule has 0 radical (unpaired) electrons. The van der Waals surface area contributed by atoms with Crippen LogP contribution in [0.1, 0.15) is 24.8 Å². The molecule has 0 aliphatic heterocycles. The molecule has 0 aromatic heterocycles. The predicted octanol–water partition coefficient (Wildman–Crippen LogP) is 3.49. The van der Waals surface area contributed by atoms with Crippen LogP contribution in [0.4, 0.5) is 0 Å². The Morgan fingerprint density at radius 2 is 2.00 bits per heavy atom. The third kappa shape index (κ3) is 2.85.